The molecule has 3 atom stereocenters. The van der Waals surface area contributed by atoms with Crippen LogP contribution in [0, 0.1) is 31.6 Å². The summed E-state index contributed by atoms with van der Waals surface area (Å²) in [5.41, 5.74) is 9.71. The van der Waals surface area contributed by atoms with Gasteiger partial charge in [-0.05, 0) is 444 Å². The van der Waals surface area contributed by atoms with Crippen molar-refractivity contribution in [2.75, 3.05) is 13.6 Å². The lowest BCUT2D eigenvalue weighted by Crippen LogP contribution is -2.50. The van der Waals surface area contributed by atoms with Crippen molar-refractivity contribution in [1.29, 1.82) is 0 Å². The van der Waals surface area contributed by atoms with Gasteiger partial charge < -0.3 is 0 Å². The topological polar surface area (TPSA) is 3.24 Å². The molecule has 3 unspecified atom stereocenters. The van der Waals surface area contributed by atoms with Gasteiger partial charge in [-0.3, -0.25) is 4.90 Å². The number of thiophene rings is 4. The number of benzene rings is 17. The third-order valence-electron chi connectivity index (χ3n) is 33.0. The van der Waals surface area contributed by atoms with Crippen molar-refractivity contribution >= 4 is 336 Å². The Morgan fingerprint density at radius 3 is 1.04 bits per heavy atom. The Bertz CT molecular complexity index is 9220. The quantitative estimate of drug-likeness (QED) is 0.0611. The number of unbranched alkanes of at least 4 members (excludes halogenated alkanes) is 6. The molecule has 0 amide bonds. The summed E-state index contributed by atoms with van der Waals surface area (Å²) in [6, 6.07) is 15.7. The molecule has 473 valence electrons. The van der Waals surface area contributed by atoms with E-state index < -0.39 is 0 Å². The molecule has 0 bridgehead atoms. The van der Waals surface area contributed by atoms with Gasteiger partial charge in [0.15, 0.2) is 0 Å². The van der Waals surface area contributed by atoms with Crippen LogP contribution in [0.1, 0.15) is 127 Å². The molecule has 1 nitrogen and oxygen atoms in total. The van der Waals surface area contributed by atoms with E-state index in [4.69, 9.17) is 0 Å². The summed E-state index contributed by atoms with van der Waals surface area (Å²) in [7, 11) is 2.67. The first-order chi connectivity index (χ1) is 51.6. The van der Waals surface area contributed by atoms with Crippen LogP contribution in [-0.4, -0.2) is 18.5 Å². The van der Waals surface area contributed by atoms with Crippen molar-refractivity contribution in [3.8, 4) is 29.3 Å². The number of hydrogen-bond acceptors (Lipinski definition) is 5. The summed E-state index contributed by atoms with van der Waals surface area (Å²) in [6.45, 7) is 5.78. The number of aryl methyl sites for hydroxylation is 3. The van der Waals surface area contributed by atoms with E-state index in [0.29, 0.717) is 0 Å². The van der Waals surface area contributed by atoms with Crippen LogP contribution in [-0.2, 0) is 30.1 Å². The second-order valence-corrected chi connectivity index (χ2v) is 40.3. The average molecular weight is 1380 g/mol. The molecule has 38 rings (SSSR count). The third kappa shape index (κ3) is 3.71. The zero-order valence-corrected chi connectivity index (χ0v) is 60.1. The maximum absolute atomic E-state index is 3.07. The van der Waals surface area contributed by atoms with Crippen molar-refractivity contribution in [2.45, 2.75) is 114 Å². The summed E-state index contributed by atoms with van der Waals surface area (Å²) in [4.78, 5) is 15.2. The fourth-order valence-corrected chi connectivity index (χ4v) is 36.3. The van der Waals surface area contributed by atoms with Gasteiger partial charge in [0.2, 0.25) is 0 Å². The zero-order chi connectivity index (χ0) is 64.8. The second-order valence-electron chi connectivity index (χ2n) is 35.9. The Morgan fingerprint density at radius 2 is 0.625 bits per heavy atom. The van der Waals surface area contributed by atoms with Crippen molar-refractivity contribution in [3.63, 3.8) is 0 Å². The molecule has 5 aliphatic carbocycles. The smallest absolute Gasteiger partial charge is 0.0591 e. The standard InChI is InChI=1S/C99H48NS4/c1-4-6-8-10-18-29-25-31(20-14-17-28-15-12-13-16-28)101-95(29)34-23-21-32(102-34)33-22-24-35(103-33)96-30(19-11-9-7-5-2)26-36(104-96)97-99-93-86-78-66-58-49-40-38-37-39-43(40)52-59-57-48(39)50-46-41(37)44-45-42(38)47-51(49)64(66)72-70-56(47)54(45)62-61-53(44)55(46)69-71-63(50)65(57)77-79-67(59)68(60(52)58)80(78)89(93)88(79)91-84(77)82(71)85-75(69)73(61)81-74(62)76(70)87(83(72)86)94(99)90(81)92(85)98(91,99)27-100(97)3/h12-13,15-16,21-26,97H,4-11,14,17-20,27H2,1-3H3. The van der Waals surface area contributed by atoms with E-state index in [0.717, 1.165) is 25.8 Å². The highest BCUT2D eigenvalue weighted by Crippen LogP contribution is 2.87. The van der Waals surface area contributed by atoms with Gasteiger partial charge in [-0.2, -0.15) is 0 Å². The molecule has 104 heavy (non-hydrogen) atoms. The number of rotatable bonds is 18. The maximum atomic E-state index is 3.07. The van der Waals surface area contributed by atoms with Gasteiger partial charge in [-0.15, -0.1) is 45.3 Å². The molecule has 0 N–H and O–H groups in total. The fourth-order valence-electron chi connectivity index (χ4n) is 31.2. The molecular formula is C99H48NS4. The molecule has 2 fully saturated rings. The fraction of sp³-hybridized carbons (Fsp3) is 0.202. The lowest BCUT2D eigenvalue weighted by atomic mass is 9.49. The lowest BCUT2D eigenvalue weighted by Gasteiger charge is -2.50. The summed E-state index contributed by atoms with van der Waals surface area (Å²) in [6.07, 6.45) is 25.1. The number of likely N-dealkylation sites (tertiary alicyclic amines) is 1. The van der Waals surface area contributed by atoms with Crippen molar-refractivity contribution in [1.82, 2.24) is 4.90 Å². The van der Waals surface area contributed by atoms with Gasteiger partial charge in [0, 0.05) is 45.6 Å². The van der Waals surface area contributed by atoms with Crippen LogP contribution < -0.4 is 0 Å². The highest BCUT2D eigenvalue weighted by atomic mass is 32.1. The number of hydrogen-bond donors (Lipinski definition) is 0. The van der Waals surface area contributed by atoms with Crippen LogP contribution in [0.3, 0.4) is 0 Å². The normalized spacial score (nSPS) is 21.0. The summed E-state index contributed by atoms with van der Waals surface area (Å²) in [5.74, 6) is 1.48. The van der Waals surface area contributed by atoms with Gasteiger partial charge in [0.25, 0.3) is 0 Å². The molecular weight excluding hydrogens is 1330 g/mol. The van der Waals surface area contributed by atoms with Crippen molar-refractivity contribution in [2.24, 2.45) is 0 Å². The Balaban J connectivity index is 0.674. The molecule has 5 heterocycles. The minimum absolute atomic E-state index is 0.132. The van der Waals surface area contributed by atoms with Gasteiger partial charge >= 0.3 is 0 Å². The molecule has 1 saturated heterocycles. The van der Waals surface area contributed by atoms with E-state index in [9.17, 15) is 0 Å². The second kappa shape index (κ2) is 13.7. The van der Waals surface area contributed by atoms with Gasteiger partial charge in [-0.25, -0.2) is 0 Å². The first-order valence-corrected chi connectivity index (χ1v) is 43.0. The predicted octanol–water partition coefficient (Wildman–Crippen LogP) is 29.2. The van der Waals surface area contributed by atoms with Gasteiger partial charge in [0.1, 0.15) is 0 Å². The Labute approximate surface area is 604 Å². The molecule has 1 aliphatic heterocycles. The summed E-state index contributed by atoms with van der Waals surface area (Å²) < 4.78 is 0. The highest BCUT2D eigenvalue weighted by molar-refractivity contribution is 7.28. The highest BCUT2D eigenvalue weighted by Gasteiger charge is 2.76. The monoisotopic (exact) mass is 1380 g/mol. The molecule has 32 aromatic rings. The van der Waals surface area contributed by atoms with E-state index in [2.05, 4.69) is 133 Å². The van der Waals surface area contributed by atoms with Crippen LogP contribution in [0.25, 0.3) is 320 Å². The van der Waals surface area contributed by atoms with E-state index >= 15 is 0 Å². The molecule has 6 aliphatic rings. The SMILES string of the molecule is CCCCCCc1cc(CCC[C]2[CH][CH][CH][CH]2)sc1-c1ccc(-c2ccc(-c3sc(C4N(C)CC56c7c8c9c%10c%11c%12c(c%13c%14c5c5c%15c7c7c%16c8c8c%10c%10c%11c%11c%17c%12c%13c%12c%13c%14c5c5c%14c%15c7c7c%15c%16c8c8c%10c%10c%11c%11c%17c%12c%12c%13c5c5c%14c7c7c%15c8c%10c8c%11c%12c5c78)C946)cc3CCCCCC)s2)s1. The Hall–Kier alpha value is -8.78. The first-order valence-electron chi connectivity index (χ1n) is 39.7. The zero-order valence-electron chi connectivity index (χ0n) is 56.8. The maximum Gasteiger partial charge on any atom is 0.0591 e. The molecule has 5 heteroatoms. The Morgan fingerprint density at radius 1 is 0.308 bits per heavy atom. The lowest BCUT2D eigenvalue weighted by molar-refractivity contribution is 0.276. The average Bonchev–Trinajstić information content (AvgIpc) is 1.38. The summed E-state index contributed by atoms with van der Waals surface area (Å²) in [5, 5.41) is 91.0. The molecule has 1 saturated carbocycles. The molecule has 5 radical (unpaired) electrons. The van der Waals surface area contributed by atoms with Crippen LogP contribution in [0.15, 0.2) is 36.4 Å². The number of nitrogens with zero attached hydrogens (tertiary/aromatic N) is 1. The minimum atomic E-state index is -0.372. The van der Waals surface area contributed by atoms with Crippen molar-refractivity contribution < 1.29 is 0 Å². The first kappa shape index (κ1) is 49.1. The Kier molecular flexibility index (Phi) is 6.48. The minimum Gasteiger partial charge on any atom is -0.296 e. The summed E-state index contributed by atoms with van der Waals surface area (Å²) >= 11 is 8.51. The van der Waals surface area contributed by atoms with Gasteiger partial charge in [0.05, 0.1) is 16.9 Å². The number of likely N-dealkylation sites (N-methyl/N-ethyl adjacent to an activating group) is 1. The largest absolute Gasteiger partial charge is 0.296 e. The van der Waals surface area contributed by atoms with E-state index in [1.54, 1.807) is 339 Å². The molecule has 28 aromatic carbocycles. The third-order valence-corrected chi connectivity index (χ3v) is 38.2. The van der Waals surface area contributed by atoms with Crippen molar-refractivity contribution in [3.05, 3.63) is 111 Å². The predicted molar refractivity (Wildman–Crippen MR) is 453 cm³/mol. The van der Waals surface area contributed by atoms with Crippen LogP contribution in [0.2, 0.25) is 0 Å². The van der Waals surface area contributed by atoms with Crippen LogP contribution in [0.5, 0.6) is 0 Å². The van der Waals surface area contributed by atoms with E-state index in [1.807, 2.05) is 0 Å². The molecule has 4 aromatic heterocycles. The molecule has 2 spiro atoms. The van der Waals surface area contributed by atoms with Crippen LogP contribution >= 0.6 is 45.3 Å². The van der Waals surface area contributed by atoms with E-state index in [-0.39, 0.29) is 16.9 Å². The van der Waals surface area contributed by atoms with Gasteiger partial charge in [-0.1, -0.05) is 52.4 Å². The van der Waals surface area contributed by atoms with Crippen LogP contribution in [0.4, 0.5) is 0 Å². The van der Waals surface area contributed by atoms with E-state index in [1.165, 1.54) is 94.5 Å².